The molecule has 11 heavy (non-hydrogen) atoms. The molecule has 0 aromatic heterocycles. The molecule has 0 unspecified atom stereocenters. The first-order valence-electron chi connectivity index (χ1n) is 4.67. The lowest BCUT2D eigenvalue weighted by atomic mass is 10.0. The van der Waals surface area contributed by atoms with Crippen molar-refractivity contribution in [2.75, 3.05) is 0 Å². The first kappa shape index (κ1) is 7.35. The predicted molar refractivity (Wildman–Crippen MR) is 45.5 cm³/mol. The molecule has 0 spiro atoms. The lowest BCUT2D eigenvalue weighted by molar-refractivity contribution is 0.0315. The van der Waals surface area contributed by atoms with Crippen LogP contribution in [0.5, 0.6) is 0 Å². The van der Waals surface area contributed by atoms with Gasteiger partial charge in [-0.2, -0.15) is 0 Å². The minimum Gasteiger partial charge on any atom is -0.375 e. The number of allylic oxidation sites excluding steroid dienone is 1. The van der Waals surface area contributed by atoms with Crippen LogP contribution in [0.4, 0.5) is 0 Å². The fourth-order valence-electron chi connectivity index (χ4n) is 2.06. The van der Waals surface area contributed by atoms with Gasteiger partial charge in [0.05, 0.1) is 12.2 Å². The summed E-state index contributed by atoms with van der Waals surface area (Å²) in [6.45, 7) is 4.06. The van der Waals surface area contributed by atoms with Crippen molar-refractivity contribution in [1.82, 2.24) is 0 Å². The fourth-order valence-corrected chi connectivity index (χ4v) is 2.06. The van der Waals surface area contributed by atoms with E-state index in [1.165, 1.54) is 44.1 Å². The largest absolute Gasteiger partial charge is 0.375 e. The van der Waals surface area contributed by atoms with Crippen LogP contribution in [-0.4, -0.2) is 12.2 Å². The molecule has 0 radical (unpaired) electrons. The SMILES string of the molecule is C=C1CC[C@@H]2CC[C@H](CC1)O2. The van der Waals surface area contributed by atoms with Gasteiger partial charge in [0.2, 0.25) is 0 Å². The summed E-state index contributed by atoms with van der Waals surface area (Å²) >= 11 is 0. The van der Waals surface area contributed by atoms with Gasteiger partial charge in [-0.15, -0.1) is 0 Å². The quantitative estimate of drug-likeness (QED) is 0.485. The van der Waals surface area contributed by atoms with Crippen molar-refractivity contribution in [3.05, 3.63) is 12.2 Å². The van der Waals surface area contributed by atoms with Crippen molar-refractivity contribution >= 4 is 0 Å². The number of rotatable bonds is 0. The molecule has 2 atom stereocenters. The maximum atomic E-state index is 5.81. The van der Waals surface area contributed by atoms with Gasteiger partial charge < -0.3 is 4.74 Å². The maximum Gasteiger partial charge on any atom is 0.0582 e. The van der Waals surface area contributed by atoms with E-state index in [0.717, 1.165) is 0 Å². The van der Waals surface area contributed by atoms with Crippen molar-refractivity contribution < 1.29 is 4.74 Å². The Bertz CT molecular complexity index is 146. The van der Waals surface area contributed by atoms with E-state index >= 15 is 0 Å². The fraction of sp³-hybridized carbons (Fsp3) is 0.800. The highest BCUT2D eigenvalue weighted by atomic mass is 16.5. The van der Waals surface area contributed by atoms with E-state index in [1.54, 1.807) is 0 Å². The second-order valence-electron chi connectivity index (χ2n) is 3.78. The third kappa shape index (κ3) is 1.64. The zero-order valence-corrected chi connectivity index (χ0v) is 7.01. The van der Waals surface area contributed by atoms with Gasteiger partial charge in [-0.25, -0.2) is 0 Å². The molecule has 62 valence electrons. The second-order valence-corrected chi connectivity index (χ2v) is 3.78. The summed E-state index contributed by atoms with van der Waals surface area (Å²) in [5, 5.41) is 0. The molecule has 2 aliphatic rings. The zero-order chi connectivity index (χ0) is 7.68. The Labute approximate surface area is 68.4 Å². The van der Waals surface area contributed by atoms with E-state index < -0.39 is 0 Å². The standard InChI is InChI=1S/C10H16O/c1-8-2-4-9-6-7-10(11-9)5-3-8/h9-10H,1-7H2/t9-,10+. The molecule has 2 heterocycles. The van der Waals surface area contributed by atoms with Gasteiger partial charge >= 0.3 is 0 Å². The molecule has 0 N–H and O–H groups in total. The van der Waals surface area contributed by atoms with E-state index in [2.05, 4.69) is 6.58 Å². The normalized spacial score (nSPS) is 38.4. The minimum absolute atomic E-state index is 0.567. The summed E-state index contributed by atoms with van der Waals surface area (Å²) in [5.41, 5.74) is 1.44. The van der Waals surface area contributed by atoms with Crippen LogP contribution in [0, 0.1) is 0 Å². The van der Waals surface area contributed by atoms with Gasteiger partial charge in [-0.05, 0) is 38.5 Å². The van der Waals surface area contributed by atoms with E-state index in [0.29, 0.717) is 12.2 Å². The van der Waals surface area contributed by atoms with Crippen LogP contribution in [-0.2, 0) is 4.74 Å². The van der Waals surface area contributed by atoms with Crippen molar-refractivity contribution in [2.24, 2.45) is 0 Å². The minimum atomic E-state index is 0.567. The third-order valence-corrected chi connectivity index (χ3v) is 2.84. The molecule has 1 heteroatoms. The van der Waals surface area contributed by atoms with Gasteiger partial charge in [0, 0.05) is 0 Å². The van der Waals surface area contributed by atoms with E-state index in [9.17, 15) is 0 Å². The molecule has 2 rings (SSSR count). The summed E-state index contributed by atoms with van der Waals surface area (Å²) in [7, 11) is 0. The number of ether oxygens (including phenoxy) is 1. The molecule has 0 aliphatic carbocycles. The van der Waals surface area contributed by atoms with Crippen LogP contribution < -0.4 is 0 Å². The molecule has 2 bridgehead atoms. The number of fused-ring (bicyclic) bond motifs is 2. The van der Waals surface area contributed by atoms with Crippen LogP contribution >= 0.6 is 0 Å². The first-order chi connectivity index (χ1) is 5.34. The zero-order valence-electron chi connectivity index (χ0n) is 7.01. The lowest BCUT2D eigenvalue weighted by Crippen LogP contribution is -2.13. The Hall–Kier alpha value is -0.300. The summed E-state index contributed by atoms with van der Waals surface area (Å²) in [5.74, 6) is 0. The average molecular weight is 152 g/mol. The van der Waals surface area contributed by atoms with Crippen LogP contribution in [0.25, 0.3) is 0 Å². The van der Waals surface area contributed by atoms with Crippen molar-refractivity contribution in [3.8, 4) is 0 Å². The van der Waals surface area contributed by atoms with Crippen molar-refractivity contribution in [3.63, 3.8) is 0 Å². The molecular weight excluding hydrogens is 136 g/mol. The van der Waals surface area contributed by atoms with Gasteiger partial charge in [0.25, 0.3) is 0 Å². The Morgan fingerprint density at radius 1 is 1.00 bits per heavy atom. The predicted octanol–water partition coefficient (Wildman–Crippen LogP) is 2.66. The number of hydrogen-bond acceptors (Lipinski definition) is 1. The van der Waals surface area contributed by atoms with Crippen LogP contribution in [0.3, 0.4) is 0 Å². The smallest absolute Gasteiger partial charge is 0.0582 e. The van der Waals surface area contributed by atoms with Gasteiger partial charge in [0.1, 0.15) is 0 Å². The van der Waals surface area contributed by atoms with Crippen LogP contribution in [0.15, 0.2) is 12.2 Å². The first-order valence-corrected chi connectivity index (χ1v) is 4.67. The van der Waals surface area contributed by atoms with Gasteiger partial charge in [-0.3, -0.25) is 0 Å². The Morgan fingerprint density at radius 2 is 1.55 bits per heavy atom. The van der Waals surface area contributed by atoms with Crippen molar-refractivity contribution in [1.29, 1.82) is 0 Å². The molecule has 0 amide bonds. The summed E-state index contributed by atoms with van der Waals surface area (Å²) < 4.78 is 5.81. The van der Waals surface area contributed by atoms with Crippen LogP contribution in [0.2, 0.25) is 0 Å². The summed E-state index contributed by atoms with van der Waals surface area (Å²) in [6, 6.07) is 0. The maximum absolute atomic E-state index is 5.81. The topological polar surface area (TPSA) is 9.23 Å². The number of hydrogen-bond donors (Lipinski definition) is 0. The molecule has 2 fully saturated rings. The molecule has 0 aromatic carbocycles. The molecule has 2 saturated heterocycles. The Balaban J connectivity index is 1.98. The molecule has 0 saturated carbocycles. The van der Waals surface area contributed by atoms with E-state index in [-0.39, 0.29) is 0 Å². The van der Waals surface area contributed by atoms with E-state index in [4.69, 9.17) is 4.74 Å². The highest BCUT2D eigenvalue weighted by molar-refractivity contribution is 4.97. The monoisotopic (exact) mass is 152 g/mol. The van der Waals surface area contributed by atoms with Crippen molar-refractivity contribution in [2.45, 2.75) is 50.7 Å². The molecule has 2 aliphatic heterocycles. The van der Waals surface area contributed by atoms with Gasteiger partial charge in [0.15, 0.2) is 0 Å². The van der Waals surface area contributed by atoms with E-state index in [1.807, 2.05) is 0 Å². The lowest BCUT2D eigenvalue weighted by Gasteiger charge is -2.18. The highest BCUT2D eigenvalue weighted by Gasteiger charge is 2.26. The Morgan fingerprint density at radius 3 is 2.09 bits per heavy atom. The second kappa shape index (κ2) is 2.98. The molecular formula is C10H16O. The highest BCUT2D eigenvalue weighted by Crippen LogP contribution is 2.31. The summed E-state index contributed by atoms with van der Waals surface area (Å²) in [6.07, 6.45) is 8.53. The average Bonchev–Trinajstić information content (AvgIpc) is 2.43. The Kier molecular flexibility index (Phi) is 1.99. The molecule has 0 aromatic rings. The molecule has 1 nitrogen and oxygen atoms in total. The van der Waals surface area contributed by atoms with Crippen LogP contribution in [0.1, 0.15) is 38.5 Å². The summed E-state index contributed by atoms with van der Waals surface area (Å²) in [4.78, 5) is 0. The third-order valence-electron chi connectivity index (χ3n) is 2.84. The van der Waals surface area contributed by atoms with Gasteiger partial charge in [-0.1, -0.05) is 12.2 Å².